The van der Waals surface area contributed by atoms with Gasteiger partial charge >= 0.3 is 0 Å². The van der Waals surface area contributed by atoms with Gasteiger partial charge in [0.2, 0.25) is 11.7 Å². The molecular formula is C24H29N3O5. The number of aliphatic imine (C=N–C) groups is 1. The van der Waals surface area contributed by atoms with E-state index in [-0.39, 0.29) is 0 Å². The predicted octanol–water partition coefficient (Wildman–Crippen LogP) is 3.06. The lowest BCUT2D eigenvalue weighted by atomic mass is 9.80. The van der Waals surface area contributed by atoms with E-state index in [1.54, 1.807) is 14.2 Å². The van der Waals surface area contributed by atoms with E-state index in [0.29, 0.717) is 32.2 Å². The first kappa shape index (κ1) is 21.1. The number of rotatable bonds is 5. The first-order valence-electron chi connectivity index (χ1n) is 10.9. The predicted molar refractivity (Wildman–Crippen MR) is 119 cm³/mol. The summed E-state index contributed by atoms with van der Waals surface area (Å²) in [5.74, 6) is 1.90. The molecule has 1 fully saturated rings. The van der Waals surface area contributed by atoms with Crippen molar-refractivity contribution in [1.82, 2.24) is 5.06 Å². The third-order valence-electron chi connectivity index (χ3n) is 6.20. The van der Waals surface area contributed by atoms with Crippen LogP contribution in [0, 0.1) is 0 Å². The Bertz CT molecular complexity index is 1020. The van der Waals surface area contributed by atoms with Crippen LogP contribution in [0.1, 0.15) is 24.8 Å². The number of ether oxygens (including phenoxy) is 4. The van der Waals surface area contributed by atoms with E-state index in [2.05, 4.69) is 18.2 Å². The molecule has 3 aliphatic rings. The van der Waals surface area contributed by atoms with Crippen LogP contribution in [-0.4, -0.2) is 57.2 Å². The SMILES string of the molecule is COCCOc1cccc(-c2ccc3c(c2)C2(CC4(CCCOC4)O3)N=C(N)N(C)O2)c1. The van der Waals surface area contributed by atoms with Gasteiger partial charge < -0.3 is 24.7 Å². The van der Waals surface area contributed by atoms with Crippen molar-refractivity contribution in [3.8, 4) is 22.6 Å². The van der Waals surface area contributed by atoms with Crippen LogP contribution >= 0.6 is 0 Å². The number of hydroxylamine groups is 2. The minimum atomic E-state index is -0.935. The van der Waals surface area contributed by atoms with E-state index in [9.17, 15) is 0 Å². The minimum absolute atomic E-state index is 0.351. The molecule has 0 bridgehead atoms. The molecule has 3 aliphatic heterocycles. The van der Waals surface area contributed by atoms with Crippen LogP contribution in [0.3, 0.4) is 0 Å². The number of nitrogens with two attached hydrogens (primary N) is 1. The Morgan fingerprint density at radius 3 is 2.78 bits per heavy atom. The van der Waals surface area contributed by atoms with Crippen molar-refractivity contribution < 1.29 is 23.8 Å². The maximum Gasteiger partial charge on any atom is 0.222 e. The van der Waals surface area contributed by atoms with Crippen molar-refractivity contribution in [2.45, 2.75) is 30.6 Å². The number of hydrogen-bond donors (Lipinski definition) is 1. The van der Waals surface area contributed by atoms with Crippen LogP contribution in [0.2, 0.25) is 0 Å². The van der Waals surface area contributed by atoms with Gasteiger partial charge in [0.25, 0.3) is 0 Å². The van der Waals surface area contributed by atoms with Crippen LogP contribution in [0.5, 0.6) is 11.5 Å². The molecule has 2 atom stereocenters. The molecule has 170 valence electrons. The molecule has 8 heteroatoms. The molecule has 5 rings (SSSR count). The lowest BCUT2D eigenvalue weighted by Gasteiger charge is -2.46. The van der Waals surface area contributed by atoms with E-state index in [4.69, 9.17) is 34.5 Å². The van der Waals surface area contributed by atoms with Crippen molar-refractivity contribution in [2.24, 2.45) is 10.7 Å². The van der Waals surface area contributed by atoms with Gasteiger partial charge in [0.1, 0.15) is 23.7 Å². The number of methoxy groups -OCH3 is 1. The second-order valence-electron chi connectivity index (χ2n) is 8.54. The monoisotopic (exact) mass is 439 g/mol. The van der Waals surface area contributed by atoms with Crippen LogP contribution in [-0.2, 0) is 20.0 Å². The van der Waals surface area contributed by atoms with Gasteiger partial charge in [0.15, 0.2) is 0 Å². The summed E-state index contributed by atoms with van der Waals surface area (Å²) in [6, 6.07) is 14.1. The molecule has 1 saturated heterocycles. The molecule has 32 heavy (non-hydrogen) atoms. The highest BCUT2D eigenvalue weighted by Gasteiger charge is 2.55. The fraction of sp³-hybridized carbons (Fsp3) is 0.458. The van der Waals surface area contributed by atoms with Gasteiger partial charge in [-0.3, -0.25) is 0 Å². The van der Waals surface area contributed by atoms with Crippen LogP contribution < -0.4 is 15.2 Å². The topological polar surface area (TPSA) is 87.8 Å². The summed E-state index contributed by atoms with van der Waals surface area (Å²) in [7, 11) is 3.43. The summed E-state index contributed by atoms with van der Waals surface area (Å²) in [5, 5.41) is 1.53. The number of nitrogens with zero attached hydrogens (tertiary/aromatic N) is 2. The van der Waals surface area contributed by atoms with Crippen molar-refractivity contribution in [3.63, 3.8) is 0 Å². The van der Waals surface area contributed by atoms with Crippen molar-refractivity contribution >= 4 is 5.96 Å². The van der Waals surface area contributed by atoms with E-state index in [0.717, 1.165) is 47.6 Å². The van der Waals surface area contributed by atoms with Crippen LogP contribution in [0.25, 0.3) is 11.1 Å². The Labute approximate surface area is 187 Å². The fourth-order valence-electron chi connectivity index (χ4n) is 4.69. The molecule has 0 aliphatic carbocycles. The van der Waals surface area contributed by atoms with E-state index < -0.39 is 11.3 Å². The highest BCUT2D eigenvalue weighted by atomic mass is 16.7. The summed E-state index contributed by atoms with van der Waals surface area (Å²) in [6.45, 7) is 2.30. The van der Waals surface area contributed by atoms with Gasteiger partial charge in [-0.05, 0) is 48.2 Å². The van der Waals surface area contributed by atoms with E-state index in [1.165, 1.54) is 5.06 Å². The average molecular weight is 440 g/mol. The first-order valence-corrected chi connectivity index (χ1v) is 10.9. The molecule has 0 aromatic heterocycles. The molecule has 2 spiro atoms. The molecular weight excluding hydrogens is 410 g/mol. The van der Waals surface area contributed by atoms with Crippen molar-refractivity contribution in [3.05, 3.63) is 48.0 Å². The second-order valence-corrected chi connectivity index (χ2v) is 8.54. The summed E-state index contributed by atoms with van der Waals surface area (Å²) in [6.07, 6.45) is 2.37. The Balaban J connectivity index is 1.53. The van der Waals surface area contributed by atoms with Crippen LogP contribution in [0.4, 0.5) is 0 Å². The van der Waals surface area contributed by atoms with E-state index in [1.807, 2.05) is 24.3 Å². The maximum atomic E-state index is 6.53. The number of benzene rings is 2. The first-order chi connectivity index (χ1) is 15.5. The van der Waals surface area contributed by atoms with Crippen molar-refractivity contribution in [2.75, 3.05) is 40.6 Å². The quantitative estimate of drug-likeness (QED) is 0.717. The number of fused-ring (bicyclic) bond motifs is 2. The highest BCUT2D eigenvalue weighted by molar-refractivity contribution is 5.79. The molecule has 3 heterocycles. The van der Waals surface area contributed by atoms with Gasteiger partial charge in [-0.25, -0.2) is 14.9 Å². The van der Waals surface area contributed by atoms with Gasteiger partial charge in [0.05, 0.1) is 18.8 Å². The molecule has 2 aromatic carbocycles. The average Bonchev–Trinajstić information content (AvgIpc) is 3.07. The Morgan fingerprint density at radius 2 is 2.03 bits per heavy atom. The lowest BCUT2D eigenvalue weighted by Crippen LogP contribution is -2.53. The zero-order valence-corrected chi connectivity index (χ0v) is 18.5. The third kappa shape index (κ3) is 3.79. The van der Waals surface area contributed by atoms with Crippen LogP contribution in [0.15, 0.2) is 47.5 Å². The summed E-state index contributed by atoms with van der Waals surface area (Å²) in [4.78, 5) is 11.0. The molecule has 0 radical (unpaired) electrons. The summed E-state index contributed by atoms with van der Waals surface area (Å²) in [5.41, 5.74) is 7.64. The summed E-state index contributed by atoms with van der Waals surface area (Å²) < 4.78 is 23.2. The summed E-state index contributed by atoms with van der Waals surface area (Å²) >= 11 is 0. The highest BCUT2D eigenvalue weighted by Crippen LogP contribution is 2.52. The molecule has 8 nitrogen and oxygen atoms in total. The molecule has 2 unspecified atom stereocenters. The Hall–Kier alpha value is -2.81. The van der Waals surface area contributed by atoms with Gasteiger partial charge in [0, 0.05) is 27.2 Å². The third-order valence-corrected chi connectivity index (χ3v) is 6.20. The van der Waals surface area contributed by atoms with Gasteiger partial charge in [-0.1, -0.05) is 18.2 Å². The second kappa shape index (κ2) is 8.27. The maximum absolute atomic E-state index is 6.53. The molecule has 2 aromatic rings. The molecule has 2 N–H and O–H groups in total. The normalized spacial score (nSPS) is 26.7. The smallest absolute Gasteiger partial charge is 0.222 e. The minimum Gasteiger partial charge on any atom is -0.491 e. The molecule has 0 saturated carbocycles. The molecule has 0 amide bonds. The zero-order chi connectivity index (χ0) is 22.2. The lowest BCUT2D eigenvalue weighted by molar-refractivity contribution is -0.216. The van der Waals surface area contributed by atoms with Gasteiger partial charge in [-0.2, -0.15) is 0 Å². The standard InChI is InChI=1S/C24H29N3O5/c1-27-22(25)26-24(32-27)15-23(9-4-10-29-16-23)31-21-8-7-18(14-20(21)24)17-5-3-6-19(13-17)30-12-11-28-2/h3,5-8,13-14H,4,9-12,15-16H2,1-2H3,(H2,25,26). The largest absolute Gasteiger partial charge is 0.491 e. The van der Waals surface area contributed by atoms with Gasteiger partial charge in [-0.15, -0.1) is 0 Å². The zero-order valence-electron chi connectivity index (χ0n) is 18.5. The fourth-order valence-corrected chi connectivity index (χ4v) is 4.69. The number of guanidine groups is 1. The Kier molecular flexibility index (Phi) is 5.44. The van der Waals surface area contributed by atoms with Crippen molar-refractivity contribution in [1.29, 1.82) is 0 Å². The van der Waals surface area contributed by atoms with E-state index >= 15 is 0 Å². The Morgan fingerprint density at radius 1 is 1.16 bits per heavy atom. The number of hydrogen-bond acceptors (Lipinski definition) is 8.